The molecular weight excluding hydrogens is 413 g/mol. The maximum absolute atomic E-state index is 14.3. The molecule has 2 N–H and O–H groups in total. The van der Waals surface area contributed by atoms with Gasteiger partial charge in [-0.25, -0.2) is 18.2 Å². The molecule has 3 rings (SSSR count). The number of carboxylic acid groups (broad SMARTS) is 1. The van der Waals surface area contributed by atoms with Gasteiger partial charge in [-0.15, -0.1) is 0 Å². The highest BCUT2D eigenvalue weighted by Gasteiger charge is 2.23. The molecule has 6 nitrogen and oxygen atoms in total. The molecule has 0 radical (unpaired) electrons. The molecule has 0 spiro atoms. The third-order valence-electron chi connectivity index (χ3n) is 4.46. The van der Waals surface area contributed by atoms with Crippen LogP contribution in [0.4, 0.5) is 13.2 Å². The zero-order valence-electron chi connectivity index (χ0n) is 16.2. The minimum absolute atomic E-state index is 0.00318. The number of aliphatic carboxylic acids is 1. The lowest BCUT2D eigenvalue weighted by Crippen LogP contribution is -2.31. The van der Waals surface area contributed by atoms with Crippen molar-refractivity contribution in [1.82, 2.24) is 10.3 Å². The molecule has 2 aromatic carbocycles. The van der Waals surface area contributed by atoms with E-state index in [1.54, 1.807) is 0 Å². The molecule has 1 atom stereocenters. The molecule has 1 amide bonds. The van der Waals surface area contributed by atoms with Crippen LogP contribution in [-0.2, 0) is 4.79 Å². The predicted molar refractivity (Wildman–Crippen MR) is 105 cm³/mol. The van der Waals surface area contributed by atoms with Crippen molar-refractivity contribution in [3.63, 3.8) is 0 Å². The number of pyridine rings is 1. The highest BCUT2D eigenvalue weighted by atomic mass is 19.1. The smallest absolute Gasteiger partial charge is 0.305 e. The van der Waals surface area contributed by atoms with E-state index in [-0.39, 0.29) is 28.3 Å². The molecule has 0 fully saturated rings. The van der Waals surface area contributed by atoms with E-state index in [9.17, 15) is 22.8 Å². The first-order chi connectivity index (χ1) is 14.8. The average molecular weight is 430 g/mol. The molecule has 0 saturated heterocycles. The van der Waals surface area contributed by atoms with E-state index in [1.165, 1.54) is 37.4 Å². The SMILES string of the molecule is COc1ccc(C(=O)N[C@@H](CC(=O)O)c2ccccc2F)nc1-c1ccc(F)cc1F. The summed E-state index contributed by atoms with van der Waals surface area (Å²) in [4.78, 5) is 28.1. The van der Waals surface area contributed by atoms with Crippen molar-refractivity contribution in [2.75, 3.05) is 7.11 Å². The summed E-state index contributed by atoms with van der Waals surface area (Å²) in [5.41, 5.74) is -0.333. The zero-order chi connectivity index (χ0) is 22.5. The number of rotatable bonds is 7. The highest BCUT2D eigenvalue weighted by molar-refractivity contribution is 5.93. The van der Waals surface area contributed by atoms with Crippen LogP contribution in [0.25, 0.3) is 11.3 Å². The van der Waals surface area contributed by atoms with E-state index in [2.05, 4.69) is 10.3 Å². The van der Waals surface area contributed by atoms with Crippen LogP contribution in [0.5, 0.6) is 5.75 Å². The third-order valence-corrected chi connectivity index (χ3v) is 4.46. The van der Waals surface area contributed by atoms with E-state index in [4.69, 9.17) is 9.84 Å². The molecule has 1 heterocycles. The topological polar surface area (TPSA) is 88.5 Å². The molecule has 0 saturated carbocycles. The van der Waals surface area contributed by atoms with Crippen molar-refractivity contribution in [1.29, 1.82) is 0 Å². The fourth-order valence-corrected chi connectivity index (χ4v) is 3.02. The van der Waals surface area contributed by atoms with Crippen LogP contribution in [0.3, 0.4) is 0 Å². The van der Waals surface area contributed by atoms with E-state index in [0.717, 1.165) is 18.2 Å². The summed E-state index contributed by atoms with van der Waals surface area (Å²) in [6.45, 7) is 0. The lowest BCUT2D eigenvalue weighted by atomic mass is 10.0. The van der Waals surface area contributed by atoms with Gasteiger partial charge in [0.25, 0.3) is 5.91 Å². The molecule has 3 aromatic rings. The van der Waals surface area contributed by atoms with Crippen molar-refractivity contribution in [2.45, 2.75) is 12.5 Å². The number of hydrogen-bond acceptors (Lipinski definition) is 4. The summed E-state index contributed by atoms with van der Waals surface area (Å²) in [5, 5.41) is 11.6. The Balaban J connectivity index is 1.97. The molecule has 0 bridgehead atoms. The second-order valence-electron chi connectivity index (χ2n) is 6.52. The van der Waals surface area contributed by atoms with Gasteiger partial charge in [-0.2, -0.15) is 0 Å². The van der Waals surface area contributed by atoms with Crippen LogP contribution in [0.2, 0.25) is 0 Å². The van der Waals surface area contributed by atoms with Gasteiger partial charge in [0, 0.05) is 17.2 Å². The zero-order valence-corrected chi connectivity index (χ0v) is 16.2. The van der Waals surface area contributed by atoms with Gasteiger partial charge in [0.15, 0.2) is 0 Å². The van der Waals surface area contributed by atoms with E-state index in [1.807, 2.05) is 0 Å². The van der Waals surface area contributed by atoms with Crippen LogP contribution in [0, 0.1) is 17.5 Å². The van der Waals surface area contributed by atoms with Crippen molar-refractivity contribution >= 4 is 11.9 Å². The second-order valence-corrected chi connectivity index (χ2v) is 6.52. The molecule has 0 aliphatic rings. The summed E-state index contributed by atoms with van der Waals surface area (Å²) in [6.07, 6.45) is -0.567. The van der Waals surface area contributed by atoms with E-state index in [0.29, 0.717) is 6.07 Å². The molecule has 1 aromatic heterocycles. The number of carbonyl (C=O) groups excluding carboxylic acids is 1. The van der Waals surface area contributed by atoms with Gasteiger partial charge < -0.3 is 15.2 Å². The molecular formula is C22H17F3N2O4. The molecule has 160 valence electrons. The minimum atomic E-state index is -1.25. The number of benzene rings is 2. The van der Waals surface area contributed by atoms with Crippen molar-refractivity contribution in [2.24, 2.45) is 0 Å². The van der Waals surface area contributed by atoms with E-state index < -0.39 is 41.8 Å². The van der Waals surface area contributed by atoms with Crippen LogP contribution in [0.1, 0.15) is 28.5 Å². The normalized spacial score (nSPS) is 11.6. The Hall–Kier alpha value is -3.88. The van der Waals surface area contributed by atoms with Gasteiger partial charge in [0.2, 0.25) is 0 Å². The molecule has 0 aliphatic carbocycles. The number of hydrogen-bond donors (Lipinski definition) is 2. The lowest BCUT2D eigenvalue weighted by Gasteiger charge is -2.18. The standard InChI is InChI=1S/C22H17F3N2O4/c1-31-19-9-8-17(26-21(19)14-7-6-12(23)10-16(14)25)22(30)27-18(11-20(28)29)13-4-2-3-5-15(13)24/h2-10,18H,11H2,1H3,(H,27,30)(H,28,29)/t18-/m0/s1. The number of methoxy groups -OCH3 is 1. The first-order valence-corrected chi connectivity index (χ1v) is 9.07. The largest absolute Gasteiger partial charge is 0.494 e. The molecule has 31 heavy (non-hydrogen) atoms. The van der Waals surface area contributed by atoms with Gasteiger partial charge in [-0.05, 0) is 30.3 Å². The van der Waals surface area contributed by atoms with Crippen molar-refractivity contribution < 1.29 is 32.6 Å². The summed E-state index contributed by atoms with van der Waals surface area (Å²) < 4.78 is 46.8. The van der Waals surface area contributed by atoms with Crippen LogP contribution in [0.15, 0.2) is 54.6 Å². The van der Waals surface area contributed by atoms with Crippen LogP contribution in [-0.4, -0.2) is 29.1 Å². The van der Waals surface area contributed by atoms with Gasteiger partial charge in [0.1, 0.15) is 34.6 Å². The Labute approximate surface area is 175 Å². The van der Waals surface area contributed by atoms with E-state index >= 15 is 0 Å². The average Bonchev–Trinajstić information content (AvgIpc) is 2.73. The number of aromatic nitrogens is 1. The first-order valence-electron chi connectivity index (χ1n) is 9.07. The summed E-state index contributed by atoms with van der Waals surface area (Å²) in [7, 11) is 1.32. The van der Waals surface area contributed by atoms with Gasteiger partial charge in [-0.1, -0.05) is 18.2 Å². The van der Waals surface area contributed by atoms with Crippen LogP contribution >= 0.6 is 0 Å². The molecule has 0 aliphatic heterocycles. The Bertz CT molecular complexity index is 1140. The highest BCUT2D eigenvalue weighted by Crippen LogP contribution is 2.31. The Morgan fingerprint density at radius 3 is 2.45 bits per heavy atom. The summed E-state index contributed by atoms with van der Waals surface area (Å²) in [5.74, 6) is -4.27. The van der Waals surface area contributed by atoms with Crippen LogP contribution < -0.4 is 10.1 Å². The lowest BCUT2D eigenvalue weighted by molar-refractivity contribution is -0.137. The predicted octanol–water partition coefficient (Wildman–Crippen LogP) is 4.12. The Morgan fingerprint density at radius 2 is 1.81 bits per heavy atom. The number of halogens is 3. The monoisotopic (exact) mass is 430 g/mol. The Morgan fingerprint density at radius 1 is 1.06 bits per heavy atom. The second kappa shape index (κ2) is 9.29. The van der Waals surface area contributed by atoms with Gasteiger partial charge in [-0.3, -0.25) is 9.59 Å². The number of amides is 1. The number of nitrogens with one attached hydrogen (secondary N) is 1. The summed E-state index contributed by atoms with van der Waals surface area (Å²) in [6, 6.07) is 9.82. The first kappa shape index (κ1) is 21.8. The third kappa shape index (κ3) is 5.00. The maximum atomic E-state index is 14.3. The Kier molecular flexibility index (Phi) is 6.54. The van der Waals surface area contributed by atoms with Gasteiger partial charge >= 0.3 is 5.97 Å². The molecule has 9 heteroatoms. The van der Waals surface area contributed by atoms with Crippen molar-refractivity contribution in [3.8, 4) is 17.0 Å². The quantitative estimate of drug-likeness (QED) is 0.589. The van der Waals surface area contributed by atoms with Crippen molar-refractivity contribution in [3.05, 3.63) is 83.3 Å². The minimum Gasteiger partial charge on any atom is -0.494 e. The fourth-order valence-electron chi connectivity index (χ4n) is 3.02. The number of carbonyl (C=O) groups is 2. The summed E-state index contributed by atoms with van der Waals surface area (Å²) >= 11 is 0. The number of ether oxygens (including phenoxy) is 1. The molecule has 0 unspecified atom stereocenters. The maximum Gasteiger partial charge on any atom is 0.305 e. The number of carboxylic acids is 1. The van der Waals surface area contributed by atoms with Gasteiger partial charge in [0.05, 0.1) is 19.6 Å². The fraction of sp³-hybridized carbons (Fsp3) is 0.136. The number of nitrogens with zero attached hydrogens (tertiary/aromatic N) is 1.